The van der Waals surface area contributed by atoms with Crippen LogP contribution in [0.2, 0.25) is 0 Å². The molecule has 2 heterocycles. The Morgan fingerprint density at radius 1 is 1.55 bits per heavy atom. The van der Waals surface area contributed by atoms with Gasteiger partial charge in [0.05, 0.1) is 6.04 Å². The van der Waals surface area contributed by atoms with Gasteiger partial charge in [-0.25, -0.2) is 0 Å². The summed E-state index contributed by atoms with van der Waals surface area (Å²) in [5.74, 6) is 0. The molecule has 1 N–H and O–H groups in total. The molecule has 0 amide bonds. The maximum absolute atomic E-state index is 4.03. The van der Waals surface area contributed by atoms with Crippen LogP contribution in [0.15, 0.2) is 29.6 Å². The van der Waals surface area contributed by atoms with Gasteiger partial charge in [0.2, 0.25) is 0 Å². The van der Waals surface area contributed by atoms with Crippen LogP contribution in [0.5, 0.6) is 0 Å². The summed E-state index contributed by atoms with van der Waals surface area (Å²) in [4.78, 5) is 4.03. The minimum Gasteiger partial charge on any atom is -0.302 e. The monoisotopic (exact) mass is 147 g/mol. The van der Waals surface area contributed by atoms with Crippen molar-refractivity contribution in [1.82, 2.24) is 10.4 Å². The summed E-state index contributed by atoms with van der Waals surface area (Å²) in [6.07, 6.45) is 6.50. The minimum atomic E-state index is 0.337. The third kappa shape index (κ3) is 1.22. The zero-order valence-electron chi connectivity index (χ0n) is 6.07. The van der Waals surface area contributed by atoms with E-state index < -0.39 is 0 Å². The van der Waals surface area contributed by atoms with Crippen molar-refractivity contribution in [1.29, 1.82) is 0 Å². The highest BCUT2D eigenvalue weighted by Gasteiger charge is 2.11. The first-order chi connectivity index (χ1) is 5.47. The van der Waals surface area contributed by atoms with Gasteiger partial charge < -0.3 is 5.43 Å². The highest BCUT2D eigenvalue weighted by Crippen LogP contribution is 2.16. The molecule has 0 radical (unpaired) electrons. The average Bonchev–Trinajstić information content (AvgIpc) is 2.58. The van der Waals surface area contributed by atoms with Crippen molar-refractivity contribution < 1.29 is 0 Å². The van der Waals surface area contributed by atoms with E-state index in [0.717, 1.165) is 6.42 Å². The van der Waals surface area contributed by atoms with Crippen molar-refractivity contribution >= 4 is 6.21 Å². The molecule has 1 unspecified atom stereocenters. The Morgan fingerprint density at radius 3 is 3.18 bits per heavy atom. The quantitative estimate of drug-likeness (QED) is 0.645. The molecule has 1 aliphatic heterocycles. The highest BCUT2D eigenvalue weighted by molar-refractivity contribution is 5.60. The second-order valence-electron chi connectivity index (χ2n) is 2.52. The number of nitrogens with zero attached hydrogens (tertiary/aromatic N) is 2. The molecule has 3 nitrogen and oxygen atoms in total. The lowest BCUT2D eigenvalue weighted by Crippen LogP contribution is -2.09. The molecule has 0 saturated carbocycles. The predicted octanol–water partition coefficient (Wildman–Crippen LogP) is 1.10. The van der Waals surface area contributed by atoms with Gasteiger partial charge in [0.25, 0.3) is 0 Å². The first kappa shape index (κ1) is 6.34. The number of hydrazone groups is 1. The van der Waals surface area contributed by atoms with Crippen molar-refractivity contribution in [2.24, 2.45) is 5.10 Å². The molecule has 1 atom stereocenters. The van der Waals surface area contributed by atoms with Crippen molar-refractivity contribution in [2.45, 2.75) is 12.5 Å². The van der Waals surface area contributed by atoms with E-state index in [1.54, 1.807) is 6.20 Å². The van der Waals surface area contributed by atoms with Crippen molar-refractivity contribution in [3.8, 4) is 0 Å². The van der Waals surface area contributed by atoms with Gasteiger partial charge in [-0.1, -0.05) is 6.07 Å². The summed E-state index contributed by atoms with van der Waals surface area (Å²) >= 11 is 0. The van der Waals surface area contributed by atoms with Crippen molar-refractivity contribution in [2.75, 3.05) is 0 Å². The lowest BCUT2D eigenvalue weighted by molar-refractivity contribution is 0.618. The Hall–Kier alpha value is -1.38. The van der Waals surface area contributed by atoms with E-state index in [-0.39, 0.29) is 0 Å². The number of nitrogens with one attached hydrogen (secondary N) is 1. The summed E-state index contributed by atoms with van der Waals surface area (Å²) in [5.41, 5.74) is 4.20. The Labute approximate surface area is 65.2 Å². The molecule has 1 aromatic rings. The third-order valence-corrected chi connectivity index (χ3v) is 1.75. The maximum Gasteiger partial charge on any atom is 0.0754 e. The van der Waals surface area contributed by atoms with Crippen molar-refractivity contribution in [3.05, 3.63) is 30.1 Å². The molecule has 1 aliphatic rings. The molecule has 0 aliphatic carbocycles. The lowest BCUT2D eigenvalue weighted by atomic mass is 10.1. The second-order valence-corrected chi connectivity index (χ2v) is 2.52. The fourth-order valence-electron chi connectivity index (χ4n) is 1.15. The van der Waals surface area contributed by atoms with Gasteiger partial charge in [-0.3, -0.25) is 4.98 Å². The maximum atomic E-state index is 4.03. The van der Waals surface area contributed by atoms with Gasteiger partial charge in [0.1, 0.15) is 0 Å². The van der Waals surface area contributed by atoms with Crippen LogP contribution in [0.3, 0.4) is 0 Å². The van der Waals surface area contributed by atoms with Crippen LogP contribution in [0.1, 0.15) is 18.0 Å². The molecule has 0 bridgehead atoms. The van der Waals surface area contributed by atoms with Gasteiger partial charge in [0, 0.05) is 25.0 Å². The molecule has 1 aromatic heterocycles. The number of hydrogen-bond acceptors (Lipinski definition) is 3. The third-order valence-electron chi connectivity index (χ3n) is 1.75. The van der Waals surface area contributed by atoms with Crippen LogP contribution < -0.4 is 5.43 Å². The molecular weight excluding hydrogens is 138 g/mol. The van der Waals surface area contributed by atoms with Crippen LogP contribution in [-0.2, 0) is 0 Å². The first-order valence-electron chi connectivity index (χ1n) is 3.64. The zero-order valence-corrected chi connectivity index (χ0v) is 6.07. The molecule has 0 fully saturated rings. The zero-order chi connectivity index (χ0) is 7.52. The second kappa shape index (κ2) is 2.70. The molecule has 0 aromatic carbocycles. The number of aromatic nitrogens is 1. The summed E-state index contributed by atoms with van der Waals surface area (Å²) in [5, 5.41) is 3.94. The van der Waals surface area contributed by atoms with E-state index in [9.17, 15) is 0 Å². The average molecular weight is 147 g/mol. The largest absolute Gasteiger partial charge is 0.302 e. The molecule has 0 spiro atoms. The Kier molecular flexibility index (Phi) is 1.55. The molecule has 2 rings (SSSR count). The van der Waals surface area contributed by atoms with E-state index in [1.807, 2.05) is 18.5 Å². The fourth-order valence-corrected chi connectivity index (χ4v) is 1.15. The minimum absolute atomic E-state index is 0.337. The first-order valence-corrected chi connectivity index (χ1v) is 3.64. The molecule has 3 heteroatoms. The topological polar surface area (TPSA) is 37.3 Å². The predicted molar refractivity (Wildman–Crippen MR) is 43.2 cm³/mol. The number of hydrogen-bond donors (Lipinski definition) is 1. The van der Waals surface area contributed by atoms with Gasteiger partial charge in [-0.15, -0.1) is 0 Å². The van der Waals surface area contributed by atoms with Crippen LogP contribution in [-0.4, -0.2) is 11.2 Å². The van der Waals surface area contributed by atoms with Crippen LogP contribution in [0.4, 0.5) is 0 Å². The number of pyridine rings is 1. The van der Waals surface area contributed by atoms with E-state index in [2.05, 4.69) is 21.6 Å². The molecular formula is C8H9N3. The Balaban J connectivity index is 2.17. The molecule has 0 saturated heterocycles. The summed E-state index contributed by atoms with van der Waals surface area (Å²) in [7, 11) is 0. The van der Waals surface area contributed by atoms with Gasteiger partial charge in [0.15, 0.2) is 0 Å². The van der Waals surface area contributed by atoms with Crippen LogP contribution >= 0.6 is 0 Å². The van der Waals surface area contributed by atoms with E-state index in [1.165, 1.54) is 5.56 Å². The van der Waals surface area contributed by atoms with Gasteiger partial charge >= 0.3 is 0 Å². The van der Waals surface area contributed by atoms with E-state index in [0.29, 0.717) is 6.04 Å². The summed E-state index contributed by atoms with van der Waals surface area (Å²) in [6, 6.07) is 4.33. The standard InChI is InChI=1S/C8H9N3/c1-2-7(6-9-4-1)8-3-5-10-11-8/h1-2,4-6,8,11H,3H2. The number of rotatable bonds is 1. The molecule has 56 valence electrons. The molecule has 11 heavy (non-hydrogen) atoms. The summed E-state index contributed by atoms with van der Waals surface area (Å²) in [6.45, 7) is 0. The lowest BCUT2D eigenvalue weighted by Gasteiger charge is -2.07. The SMILES string of the molecule is C1=NNC(c2cccnc2)C1. The van der Waals surface area contributed by atoms with Crippen LogP contribution in [0.25, 0.3) is 0 Å². The Morgan fingerprint density at radius 2 is 2.55 bits per heavy atom. The normalized spacial score (nSPS) is 21.6. The van der Waals surface area contributed by atoms with Gasteiger partial charge in [-0.2, -0.15) is 5.10 Å². The highest BCUT2D eigenvalue weighted by atomic mass is 15.3. The van der Waals surface area contributed by atoms with Gasteiger partial charge in [-0.05, 0) is 11.6 Å². The smallest absolute Gasteiger partial charge is 0.0754 e. The Bertz CT molecular complexity index is 247. The fraction of sp³-hybridized carbons (Fsp3) is 0.250. The summed E-state index contributed by atoms with van der Waals surface area (Å²) < 4.78 is 0. The van der Waals surface area contributed by atoms with Crippen molar-refractivity contribution in [3.63, 3.8) is 0 Å². The van der Waals surface area contributed by atoms with Crippen LogP contribution in [0, 0.1) is 0 Å². The van der Waals surface area contributed by atoms with E-state index in [4.69, 9.17) is 0 Å². The van der Waals surface area contributed by atoms with E-state index >= 15 is 0 Å².